The summed E-state index contributed by atoms with van der Waals surface area (Å²) in [6, 6.07) is 3.62. The summed E-state index contributed by atoms with van der Waals surface area (Å²) < 4.78 is 52.5. The van der Waals surface area contributed by atoms with Crippen LogP contribution in [0.15, 0.2) is 18.2 Å². The van der Waals surface area contributed by atoms with Gasteiger partial charge in [0.15, 0.2) is 0 Å². The van der Waals surface area contributed by atoms with Crippen molar-refractivity contribution in [2.24, 2.45) is 5.92 Å². The van der Waals surface area contributed by atoms with E-state index in [1.54, 1.807) is 18.2 Å². The molecule has 0 unspecified atom stereocenters. The van der Waals surface area contributed by atoms with Gasteiger partial charge in [0, 0.05) is 19.2 Å². The molecular formula is C16H23F2NO2S. The average Bonchev–Trinajstić information content (AvgIpc) is 2.46. The third kappa shape index (κ3) is 4.04. The molecule has 0 spiro atoms. The molecule has 6 heteroatoms. The zero-order chi connectivity index (χ0) is 16.3. The largest absolute Gasteiger partial charge is 0.216 e. The predicted octanol–water partition coefficient (Wildman–Crippen LogP) is 3.35. The third-order valence-electron chi connectivity index (χ3n) is 4.27. The molecule has 0 bridgehead atoms. The van der Waals surface area contributed by atoms with Crippen LogP contribution in [0.3, 0.4) is 0 Å². The second kappa shape index (κ2) is 7.04. The van der Waals surface area contributed by atoms with Gasteiger partial charge in [-0.2, -0.15) is 0 Å². The van der Waals surface area contributed by atoms with Crippen LogP contribution in [0.1, 0.15) is 38.7 Å². The number of rotatable bonds is 5. The van der Waals surface area contributed by atoms with Crippen molar-refractivity contribution < 1.29 is 17.2 Å². The molecule has 2 rings (SSSR count). The summed E-state index contributed by atoms with van der Waals surface area (Å²) in [5.74, 6) is -0.873. The lowest BCUT2D eigenvalue weighted by atomic mass is 9.92. The van der Waals surface area contributed by atoms with Gasteiger partial charge < -0.3 is 0 Å². The van der Waals surface area contributed by atoms with Crippen LogP contribution in [-0.4, -0.2) is 31.1 Å². The van der Waals surface area contributed by atoms with E-state index in [1.807, 2.05) is 0 Å². The first-order valence-corrected chi connectivity index (χ1v) is 9.24. The lowest BCUT2D eigenvalue weighted by Gasteiger charge is -2.33. The molecule has 0 aliphatic carbocycles. The van der Waals surface area contributed by atoms with Gasteiger partial charge in [-0.1, -0.05) is 6.07 Å². The first-order chi connectivity index (χ1) is 10.3. The lowest BCUT2D eigenvalue weighted by Crippen LogP contribution is -2.43. The highest BCUT2D eigenvalue weighted by atomic mass is 32.2. The van der Waals surface area contributed by atoms with Gasteiger partial charge in [0.05, 0.1) is 5.25 Å². The Bertz CT molecular complexity index is 617. The van der Waals surface area contributed by atoms with Crippen LogP contribution in [0.2, 0.25) is 0 Å². The molecule has 0 saturated carbocycles. The maximum Gasteiger partial charge on any atom is 0.216 e. The van der Waals surface area contributed by atoms with Gasteiger partial charge in [0.1, 0.15) is 11.6 Å². The van der Waals surface area contributed by atoms with Crippen LogP contribution in [0.25, 0.3) is 0 Å². The van der Waals surface area contributed by atoms with E-state index < -0.39 is 26.9 Å². The summed E-state index contributed by atoms with van der Waals surface area (Å²) in [5, 5.41) is -0.416. The highest BCUT2D eigenvalue weighted by Gasteiger charge is 2.30. The number of nitrogens with zero attached hydrogens (tertiary/aromatic N) is 1. The number of piperidine rings is 1. The highest BCUT2D eigenvalue weighted by Crippen LogP contribution is 2.25. The average molecular weight is 331 g/mol. The minimum Gasteiger partial charge on any atom is -0.212 e. The van der Waals surface area contributed by atoms with Crippen molar-refractivity contribution in [3.8, 4) is 0 Å². The molecule has 1 fully saturated rings. The van der Waals surface area contributed by atoms with E-state index in [9.17, 15) is 17.2 Å². The molecular weight excluding hydrogens is 308 g/mol. The van der Waals surface area contributed by atoms with Gasteiger partial charge in [0.2, 0.25) is 10.0 Å². The summed E-state index contributed by atoms with van der Waals surface area (Å²) >= 11 is 0. The molecule has 0 amide bonds. The van der Waals surface area contributed by atoms with Gasteiger partial charge in [-0.25, -0.2) is 21.5 Å². The molecule has 1 aromatic carbocycles. The maximum atomic E-state index is 13.6. The fourth-order valence-electron chi connectivity index (χ4n) is 2.88. The van der Waals surface area contributed by atoms with E-state index in [0.717, 1.165) is 18.9 Å². The SMILES string of the molecule is CC(C)S(=O)(=O)N1CCC[C@H](CCc2ccc(F)cc2F)C1. The number of hydrogen-bond acceptors (Lipinski definition) is 2. The Kier molecular flexibility index (Phi) is 5.55. The molecule has 1 aromatic rings. The van der Waals surface area contributed by atoms with Crippen LogP contribution in [0.4, 0.5) is 8.78 Å². The number of hydrogen-bond donors (Lipinski definition) is 0. The van der Waals surface area contributed by atoms with Crippen molar-refractivity contribution in [3.05, 3.63) is 35.4 Å². The molecule has 0 aromatic heterocycles. The molecule has 1 saturated heterocycles. The van der Waals surface area contributed by atoms with E-state index in [-0.39, 0.29) is 5.92 Å². The van der Waals surface area contributed by atoms with Crippen molar-refractivity contribution >= 4 is 10.0 Å². The first-order valence-electron chi connectivity index (χ1n) is 7.73. The minimum absolute atomic E-state index is 0.228. The van der Waals surface area contributed by atoms with Gasteiger partial charge in [-0.3, -0.25) is 0 Å². The van der Waals surface area contributed by atoms with Gasteiger partial charge in [-0.15, -0.1) is 0 Å². The Hall–Kier alpha value is -1.01. The lowest BCUT2D eigenvalue weighted by molar-refractivity contribution is 0.254. The zero-order valence-corrected chi connectivity index (χ0v) is 13.9. The summed E-state index contributed by atoms with van der Waals surface area (Å²) in [6.07, 6.45) is 3.01. The van der Waals surface area contributed by atoms with Crippen LogP contribution in [0.5, 0.6) is 0 Å². The predicted molar refractivity (Wildman–Crippen MR) is 83.0 cm³/mol. The fourth-order valence-corrected chi connectivity index (χ4v) is 4.27. The Labute approximate surface area is 131 Å². The van der Waals surface area contributed by atoms with Crippen molar-refractivity contribution in [2.45, 2.75) is 44.8 Å². The number of sulfonamides is 1. The topological polar surface area (TPSA) is 37.4 Å². The van der Waals surface area contributed by atoms with Crippen molar-refractivity contribution in [1.29, 1.82) is 0 Å². The molecule has 1 atom stereocenters. The molecule has 22 heavy (non-hydrogen) atoms. The molecule has 3 nitrogen and oxygen atoms in total. The number of aryl methyl sites for hydroxylation is 1. The monoisotopic (exact) mass is 331 g/mol. The second-order valence-corrected chi connectivity index (χ2v) is 8.72. The summed E-state index contributed by atoms with van der Waals surface area (Å²) in [6.45, 7) is 4.45. The van der Waals surface area contributed by atoms with Crippen LogP contribution in [0, 0.1) is 17.6 Å². The Morgan fingerprint density at radius 2 is 2.05 bits per heavy atom. The summed E-state index contributed by atoms with van der Waals surface area (Å²) in [5.41, 5.74) is 0.491. The van der Waals surface area contributed by atoms with Crippen molar-refractivity contribution in [3.63, 3.8) is 0 Å². The molecule has 0 radical (unpaired) electrons. The normalized spacial score (nSPS) is 20.5. The Morgan fingerprint density at radius 3 is 2.68 bits per heavy atom. The maximum absolute atomic E-state index is 13.6. The van der Waals surface area contributed by atoms with Gasteiger partial charge in [-0.05, 0) is 57.1 Å². The van der Waals surface area contributed by atoms with E-state index >= 15 is 0 Å². The quantitative estimate of drug-likeness (QED) is 0.830. The molecule has 1 aliphatic rings. The second-order valence-electron chi connectivity index (χ2n) is 6.23. The standard InChI is InChI=1S/C16H23F2NO2S/c1-12(2)22(20,21)19-9-3-4-13(11-19)5-6-14-7-8-15(17)10-16(14)18/h7-8,10,12-13H,3-6,9,11H2,1-2H3/t13-/m1/s1. The molecule has 0 N–H and O–H groups in total. The number of benzene rings is 1. The van der Waals surface area contributed by atoms with E-state index in [2.05, 4.69) is 0 Å². The number of halogens is 2. The molecule has 124 valence electrons. The summed E-state index contributed by atoms with van der Waals surface area (Å²) in [7, 11) is -3.22. The highest BCUT2D eigenvalue weighted by molar-refractivity contribution is 7.89. The van der Waals surface area contributed by atoms with E-state index in [4.69, 9.17) is 0 Å². The molecule has 1 aliphatic heterocycles. The van der Waals surface area contributed by atoms with E-state index in [1.165, 1.54) is 12.1 Å². The van der Waals surface area contributed by atoms with Crippen molar-refractivity contribution in [1.82, 2.24) is 4.31 Å². The smallest absolute Gasteiger partial charge is 0.212 e. The third-order valence-corrected chi connectivity index (χ3v) is 6.52. The van der Waals surface area contributed by atoms with Gasteiger partial charge in [0.25, 0.3) is 0 Å². The zero-order valence-electron chi connectivity index (χ0n) is 13.1. The first kappa shape index (κ1) is 17.3. The van der Waals surface area contributed by atoms with Crippen molar-refractivity contribution in [2.75, 3.05) is 13.1 Å². The van der Waals surface area contributed by atoms with E-state index in [0.29, 0.717) is 31.5 Å². The minimum atomic E-state index is -3.22. The Morgan fingerprint density at radius 1 is 1.32 bits per heavy atom. The van der Waals surface area contributed by atoms with Crippen LogP contribution < -0.4 is 0 Å². The molecule has 1 heterocycles. The van der Waals surface area contributed by atoms with Gasteiger partial charge >= 0.3 is 0 Å². The fraction of sp³-hybridized carbons (Fsp3) is 0.625. The van der Waals surface area contributed by atoms with Crippen LogP contribution in [-0.2, 0) is 16.4 Å². The van der Waals surface area contributed by atoms with Crippen LogP contribution >= 0.6 is 0 Å². The Balaban J connectivity index is 1.96. The summed E-state index contributed by atoms with van der Waals surface area (Å²) in [4.78, 5) is 0.